The maximum Gasteiger partial charge on any atom is 0.0360 e. The van der Waals surface area contributed by atoms with E-state index in [1.54, 1.807) is 0 Å². The molecule has 0 bridgehead atoms. The third-order valence-electron chi connectivity index (χ3n) is 3.74. The van der Waals surface area contributed by atoms with E-state index in [1.807, 2.05) is 6.92 Å². The van der Waals surface area contributed by atoms with Crippen molar-refractivity contribution < 1.29 is 4.21 Å². The second-order valence-electron chi connectivity index (χ2n) is 5.17. The quantitative estimate of drug-likeness (QED) is 0.856. The van der Waals surface area contributed by atoms with Gasteiger partial charge in [0.05, 0.1) is 0 Å². The highest BCUT2D eigenvalue weighted by atomic mass is 32.2. The van der Waals surface area contributed by atoms with E-state index in [-0.39, 0.29) is 0 Å². The minimum Gasteiger partial charge on any atom is -0.313 e. The molecule has 1 fully saturated rings. The Kier molecular flexibility index (Phi) is 4.95. The number of nitrogens with one attached hydrogen (secondary N) is 1. The van der Waals surface area contributed by atoms with Crippen LogP contribution in [-0.2, 0) is 10.8 Å². The lowest BCUT2D eigenvalue weighted by Gasteiger charge is -2.36. The van der Waals surface area contributed by atoms with Crippen LogP contribution in [0.5, 0.6) is 0 Å². The summed E-state index contributed by atoms with van der Waals surface area (Å²) in [6.45, 7) is 5.02. The van der Waals surface area contributed by atoms with E-state index in [0.717, 1.165) is 24.0 Å². The van der Waals surface area contributed by atoms with E-state index in [2.05, 4.69) is 36.5 Å². The van der Waals surface area contributed by atoms with Gasteiger partial charge in [-0.2, -0.15) is 0 Å². The molecular formula is C15H23NOS. The molecule has 2 rings (SSSR count). The number of benzene rings is 1. The third kappa shape index (κ3) is 3.66. The van der Waals surface area contributed by atoms with E-state index >= 15 is 0 Å². The molecule has 3 heteroatoms. The zero-order chi connectivity index (χ0) is 13.0. The van der Waals surface area contributed by atoms with Gasteiger partial charge in [-0.15, -0.1) is 0 Å². The van der Waals surface area contributed by atoms with E-state index < -0.39 is 10.8 Å². The van der Waals surface area contributed by atoms with Gasteiger partial charge in [-0.3, -0.25) is 4.21 Å². The largest absolute Gasteiger partial charge is 0.313 e. The Morgan fingerprint density at radius 1 is 1.39 bits per heavy atom. The van der Waals surface area contributed by atoms with Gasteiger partial charge in [0.1, 0.15) is 0 Å². The fourth-order valence-corrected chi connectivity index (χ4v) is 3.14. The fourth-order valence-electron chi connectivity index (χ4n) is 2.50. The molecule has 0 aliphatic heterocycles. The Morgan fingerprint density at radius 2 is 2.17 bits per heavy atom. The van der Waals surface area contributed by atoms with Crippen molar-refractivity contribution in [2.24, 2.45) is 0 Å². The van der Waals surface area contributed by atoms with Crippen LogP contribution >= 0.6 is 0 Å². The summed E-state index contributed by atoms with van der Waals surface area (Å²) < 4.78 is 11.3. The molecule has 1 aliphatic carbocycles. The van der Waals surface area contributed by atoms with Crippen molar-refractivity contribution in [3.8, 4) is 0 Å². The normalized spacial score (nSPS) is 24.6. The highest BCUT2D eigenvalue weighted by molar-refractivity contribution is 7.84. The van der Waals surface area contributed by atoms with Gasteiger partial charge in [0.2, 0.25) is 0 Å². The minimum atomic E-state index is -0.632. The monoisotopic (exact) mass is 265 g/mol. The third-order valence-corrected chi connectivity index (χ3v) is 5.04. The van der Waals surface area contributed by atoms with E-state index in [4.69, 9.17) is 0 Å². The smallest absolute Gasteiger partial charge is 0.0360 e. The molecule has 1 saturated carbocycles. The number of hydrogen-bond acceptors (Lipinski definition) is 2. The van der Waals surface area contributed by atoms with Crippen molar-refractivity contribution in [3.05, 3.63) is 35.4 Å². The first kappa shape index (κ1) is 13.8. The van der Waals surface area contributed by atoms with Crippen molar-refractivity contribution in [3.63, 3.8) is 0 Å². The molecule has 1 aliphatic rings. The first-order valence-electron chi connectivity index (χ1n) is 6.84. The molecule has 1 unspecified atom stereocenters. The van der Waals surface area contributed by atoms with Crippen LogP contribution in [0, 0.1) is 6.92 Å². The lowest BCUT2D eigenvalue weighted by molar-refractivity contribution is 0.296. The Labute approximate surface area is 113 Å². The Bertz CT molecular complexity index is 413. The average molecular weight is 265 g/mol. The van der Waals surface area contributed by atoms with Crippen LogP contribution in [0.25, 0.3) is 0 Å². The lowest BCUT2D eigenvalue weighted by atomic mass is 9.75. The molecule has 1 atom stereocenters. The van der Waals surface area contributed by atoms with Crippen LogP contribution in [0.1, 0.15) is 36.8 Å². The van der Waals surface area contributed by atoms with Crippen LogP contribution in [0.3, 0.4) is 0 Å². The van der Waals surface area contributed by atoms with Gasteiger partial charge in [0.25, 0.3) is 0 Å². The van der Waals surface area contributed by atoms with E-state index in [9.17, 15) is 4.21 Å². The summed E-state index contributed by atoms with van der Waals surface area (Å²) in [5.74, 6) is 2.29. The molecule has 1 aromatic rings. The predicted octanol–water partition coefficient (Wildman–Crippen LogP) is 2.60. The summed E-state index contributed by atoms with van der Waals surface area (Å²) >= 11 is 0. The average Bonchev–Trinajstić information content (AvgIpc) is 2.31. The zero-order valence-electron chi connectivity index (χ0n) is 11.3. The van der Waals surface area contributed by atoms with Crippen molar-refractivity contribution in [1.82, 2.24) is 5.32 Å². The van der Waals surface area contributed by atoms with Gasteiger partial charge in [-0.25, -0.2) is 0 Å². The number of rotatable bonds is 6. The molecule has 1 N–H and O–H groups in total. The highest BCUT2D eigenvalue weighted by Gasteiger charge is 2.29. The molecule has 1 aromatic carbocycles. The molecule has 100 valence electrons. The van der Waals surface area contributed by atoms with Crippen LogP contribution in [0.15, 0.2) is 24.3 Å². The predicted molar refractivity (Wildman–Crippen MR) is 78.5 cm³/mol. The van der Waals surface area contributed by atoms with Crippen LogP contribution < -0.4 is 5.32 Å². The molecule has 0 spiro atoms. The maximum atomic E-state index is 11.3. The molecule has 18 heavy (non-hydrogen) atoms. The van der Waals surface area contributed by atoms with E-state index in [1.165, 1.54) is 24.0 Å². The van der Waals surface area contributed by atoms with Crippen molar-refractivity contribution in [2.75, 3.05) is 18.1 Å². The van der Waals surface area contributed by atoms with Crippen LogP contribution in [-0.4, -0.2) is 28.3 Å². The van der Waals surface area contributed by atoms with Gasteiger partial charge < -0.3 is 5.32 Å². The first-order valence-corrected chi connectivity index (χ1v) is 8.32. The van der Waals surface area contributed by atoms with Crippen molar-refractivity contribution in [1.29, 1.82) is 0 Å². The minimum absolute atomic E-state index is 0.629. The van der Waals surface area contributed by atoms with Gasteiger partial charge in [-0.05, 0) is 31.2 Å². The zero-order valence-corrected chi connectivity index (χ0v) is 12.1. The topological polar surface area (TPSA) is 29.1 Å². The summed E-state index contributed by atoms with van der Waals surface area (Å²) in [5.41, 5.74) is 2.83. The number of aryl methyl sites for hydroxylation is 1. The second-order valence-corrected chi connectivity index (χ2v) is 7.03. The lowest BCUT2D eigenvalue weighted by Crippen LogP contribution is -2.41. The highest BCUT2D eigenvalue weighted by Crippen LogP contribution is 2.36. The van der Waals surface area contributed by atoms with Crippen LogP contribution in [0.2, 0.25) is 0 Å². The molecule has 0 aromatic heterocycles. The molecule has 0 amide bonds. The Hall–Kier alpha value is -0.670. The van der Waals surface area contributed by atoms with Crippen molar-refractivity contribution >= 4 is 10.8 Å². The summed E-state index contributed by atoms with van der Waals surface area (Å²) in [4.78, 5) is 0. The van der Waals surface area contributed by atoms with Gasteiger partial charge in [0.15, 0.2) is 0 Å². The van der Waals surface area contributed by atoms with Gasteiger partial charge in [0, 0.05) is 34.9 Å². The summed E-state index contributed by atoms with van der Waals surface area (Å²) in [6, 6.07) is 9.46. The molecular weight excluding hydrogens is 242 g/mol. The summed E-state index contributed by atoms with van der Waals surface area (Å²) in [7, 11) is -0.632. The molecule has 0 saturated heterocycles. The van der Waals surface area contributed by atoms with Crippen LogP contribution in [0.4, 0.5) is 0 Å². The second kappa shape index (κ2) is 6.48. The molecule has 2 nitrogen and oxygen atoms in total. The molecule has 0 radical (unpaired) electrons. The first-order chi connectivity index (χ1) is 8.69. The maximum absolute atomic E-state index is 11.3. The van der Waals surface area contributed by atoms with Gasteiger partial charge >= 0.3 is 0 Å². The Balaban J connectivity index is 1.69. The van der Waals surface area contributed by atoms with Crippen molar-refractivity contribution in [2.45, 2.75) is 38.6 Å². The summed E-state index contributed by atoms with van der Waals surface area (Å²) in [5, 5.41) is 3.51. The van der Waals surface area contributed by atoms with Gasteiger partial charge in [-0.1, -0.05) is 36.8 Å². The standard InChI is InChI=1S/C15H23NOS/c1-3-18(17)8-7-16-15-10-14(11-15)13-6-4-5-12(2)9-13/h4-6,9,14-16H,3,7-8,10-11H2,1-2H3. The fraction of sp³-hybridized carbons (Fsp3) is 0.600. The Morgan fingerprint density at radius 3 is 2.83 bits per heavy atom. The number of hydrogen-bond donors (Lipinski definition) is 1. The SMILES string of the molecule is CCS(=O)CCNC1CC(c2cccc(C)c2)C1. The van der Waals surface area contributed by atoms with E-state index in [0.29, 0.717) is 6.04 Å². The molecule has 0 heterocycles. The summed E-state index contributed by atoms with van der Waals surface area (Å²) in [6.07, 6.45) is 2.45.